The first-order valence-corrected chi connectivity index (χ1v) is 6.57. The molecule has 0 bridgehead atoms. The quantitative estimate of drug-likeness (QED) is 0.741. The van der Waals surface area contributed by atoms with Crippen LogP contribution in [-0.2, 0) is 10.8 Å². The molecular weight excluding hydrogens is 231 g/mol. The molecule has 0 N–H and O–H groups in total. The monoisotopic (exact) mass is 256 g/mol. The molecule has 1 aromatic rings. The second-order valence-corrected chi connectivity index (χ2v) is 6.16. The molecule has 0 aliphatic heterocycles. The van der Waals surface area contributed by atoms with Crippen molar-refractivity contribution in [2.75, 3.05) is 0 Å². The zero-order chi connectivity index (χ0) is 13.3. The Kier molecular flexibility index (Phi) is 6.46. The van der Waals surface area contributed by atoms with Gasteiger partial charge in [-0.05, 0) is 34.8 Å². The molecule has 0 aliphatic rings. The molecule has 0 aliphatic carbocycles. The molecule has 1 aromatic carbocycles. The molecule has 18 heavy (non-hydrogen) atoms. The fourth-order valence-electron chi connectivity index (χ4n) is 1.98. The second kappa shape index (κ2) is 6.45. The standard InChI is InChI=1S/C16H26O.Na/c1-7-15(3,4)12-10-9-11-13(14(12)17)16(5,6)8-2;/h9-11,17H,7-8H2,1-6H3;/q;+1/p-1. The van der Waals surface area contributed by atoms with Gasteiger partial charge in [0.1, 0.15) is 0 Å². The summed E-state index contributed by atoms with van der Waals surface area (Å²) in [5.41, 5.74) is 1.85. The van der Waals surface area contributed by atoms with Crippen LogP contribution in [0.5, 0.6) is 5.75 Å². The number of para-hydroxylation sites is 1. The molecule has 96 valence electrons. The Morgan fingerprint density at radius 2 is 1.22 bits per heavy atom. The molecule has 1 nitrogen and oxygen atoms in total. The third kappa shape index (κ3) is 3.53. The van der Waals surface area contributed by atoms with Crippen molar-refractivity contribution < 1.29 is 34.7 Å². The van der Waals surface area contributed by atoms with Gasteiger partial charge in [-0.15, -0.1) is 5.75 Å². The Labute approximate surface area is 134 Å². The summed E-state index contributed by atoms with van der Waals surface area (Å²) in [5, 5.41) is 12.6. The summed E-state index contributed by atoms with van der Waals surface area (Å²) in [7, 11) is 0. The molecule has 0 heterocycles. The maximum atomic E-state index is 12.6. The van der Waals surface area contributed by atoms with Crippen LogP contribution in [-0.4, -0.2) is 0 Å². The first-order chi connectivity index (χ1) is 7.76. The molecule has 0 unspecified atom stereocenters. The summed E-state index contributed by atoms with van der Waals surface area (Å²) < 4.78 is 0. The topological polar surface area (TPSA) is 23.1 Å². The van der Waals surface area contributed by atoms with Gasteiger partial charge in [0.15, 0.2) is 0 Å². The van der Waals surface area contributed by atoms with Crippen LogP contribution in [0.15, 0.2) is 18.2 Å². The van der Waals surface area contributed by atoms with Crippen LogP contribution in [0.1, 0.15) is 65.5 Å². The number of hydrogen-bond acceptors (Lipinski definition) is 1. The summed E-state index contributed by atoms with van der Waals surface area (Å²) in [6.07, 6.45) is 1.97. The first-order valence-electron chi connectivity index (χ1n) is 6.57. The van der Waals surface area contributed by atoms with E-state index in [1.54, 1.807) is 0 Å². The van der Waals surface area contributed by atoms with E-state index in [0.717, 1.165) is 24.0 Å². The van der Waals surface area contributed by atoms with E-state index in [1.165, 1.54) is 0 Å². The first kappa shape index (κ1) is 18.0. The van der Waals surface area contributed by atoms with Crippen molar-refractivity contribution in [3.8, 4) is 5.75 Å². The average molecular weight is 256 g/mol. The van der Waals surface area contributed by atoms with Gasteiger partial charge >= 0.3 is 29.6 Å². The van der Waals surface area contributed by atoms with Crippen LogP contribution < -0.4 is 34.7 Å². The molecule has 0 saturated heterocycles. The summed E-state index contributed by atoms with van der Waals surface area (Å²) in [4.78, 5) is 0. The SMILES string of the molecule is CCC(C)(C)c1cccc(C(C)(C)CC)c1[O-].[Na+]. The zero-order valence-electron chi connectivity index (χ0n) is 13.1. The van der Waals surface area contributed by atoms with Gasteiger partial charge in [0.05, 0.1) is 0 Å². The van der Waals surface area contributed by atoms with Crippen LogP contribution >= 0.6 is 0 Å². The van der Waals surface area contributed by atoms with E-state index >= 15 is 0 Å². The van der Waals surface area contributed by atoms with Crippen molar-refractivity contribution in [1.29, 1.82) is 0 Å². The zero-order valence-corrected chi connectivity index (χ0v) is 15.1. The van der Waals surface area contributed by atoms with E-state index in [1.807, 2.05) is 18.2 Å². The molecule has 0 atom stereocenters. The van der Waals surface area contributed by atoms with Crippen molar-refractivity contribution in [1.82, 2.24) is 0 Å². The molecule has 0 spiro atoms. The van der Waals surface area contributed by atoms with Gasteiger partial charge in [0.2, 0.25) is 0 Å². The molecule has 0 fully saturated rings. The molecule has 1 rings (SSSR count). The van der Waals surface area contributed by atoms with Crippen molar-refractivity contribution in [2.45, 2.75) is 65.2 Å². The van der Waals surface area contributed by atoms with E-state index in [0.29, 0.717) is 0 Å². The number of hydrogen-bond donors (Lipinski definition) is 0. The van der Waals surface area contributed by atoms with Gasteiger partial charge < -0.3 is 5.11 Å². The molecule has 0 aromatic heterocycles. The van der Waals surface area contributed by atoms with Gasteiger partial charge in [-0.1, -0.05) is 59.7 Å². The largest absolute Gasteiger partial charge is 1.00 e. The fourth-order valence-corrected chi connectivity index (χ4v) is 1.98. The van der Waals surface area contributed by atoms with E-state index in [4.69, 9.17) is 0 Å². The minimum Gasteiger partial charge on any atom is -0.872 e. The van der Waals surface area contributed by atoms with Crippen molar-refractivity contribution >= 4 is 0 Å². The second-order valence-electron chi connectivity index (χ2n) is 6.16. The molecule has 0 saturated carbocycles. The van der Waals surface area contributed by atoms with Gasteiger partial charge in [-0.3, -0.25) is 0 Å². The third-order valence-electron chi connectivity index (χ3n) is 4.24. The Morgan fingerprint density at radius 1 is 0.889 bits per heavy atom. The van der Waals surface area contributed by atoms with Crippen LogP contribution in [0.2, 0.25) is 0 Å². The Hall–Kier alpha value is 0.0200. The minimum atomic E-state index is -0.0308. The predicted octanol–water partition coefficient (Wildman–Crippen LogP) is 1.14. The molecular formula is C16H25NaO. The molecule has 0 amide bonds. The van der Waals surface area contributed by atoms with Crippen LogP contribution in [0.4, 0.5) is 0 Å². The number of benzene rings is 1. The molecule has 0 radical (unpaired) electrons. The minimum absolute atomic E-state index is 0. The van der Waals surface area contributed by atoms with Gasteiger partial charge in [-0.2, -0.15) is 0 Å². The van der Waals surface area contributed by atoms with Crippen molar-refractivity contribution in [2.24, 2.45) is 0 Å². The maximum Gasteiger partial charge on any atom is 1.00 e. The van der Waals surface area contributed by atoms with Crippen LogP contribution in [0, 0.1) is 0 Å². The van der Waals surface area contributed by atoms with E-state index in [2.05, 4.69) is 41.5 Å². The Bertz CT molecular complexity index is 360. The average Bonchev–Trinajstić information content (AvgIpc) is 2.28. The Balaban J connectivity index is 0.00000289. The van der Waals surface area contributed by atoms with Gasteiger partial charge in [0, 0.05) is 0 Å². The van der Waals surface area contributed by atoms with E-state index < -0.39 is 0 Å². The summed E-state index contributed by atoms with van der Waals surface area (Å²) >= 11 is 0. The Morgan fingerprint density at radius 3 is 1.50 bits per heavy atom. The number of rotatable bonds is 4. The van der Waals surface area contributed by atoms with E-state index in [9.17, 15) is 5.11 Å². The smallest absolute Gasteiger partial charge is 0.872 e. The molecule has 2 heteroatoms. The summed E-state index contributed by atoms with van der Waals surface area (Å²) in [6, 6.07) is 6.00. The van der Waals surface area contributed by atoms with Gasteiger partial charge in [-0.25, -0.2) is 0 Å². The maximum absolute atomic E-state index is 12.6. The van der Waals surface area contributed by atoms with Crippen LogP contribution in [0.3, 0.4) is 0 Å². The van der Waals surface area contributed by atoms with Crippen molar-refractivity contribution in [3.63, 3.8) is 0 Å². The predicted molar refractivity (Wildman–Crippen MR) is 72.5 cm³/mol. The van der Waals surface area contributed by atoms with Crippen molar-refractivity contribution in [3.05, 3.63) is 29.3 Å². The third-order valence-corrected chi connectivity index (χ3v) is 4.24. The summed E-state index contributed by atoms with van der Waals surface area (Å²) in [5.74, 6) is 0.242. The normalized spacial score (nSPS) is 12.1. The fraction of sp³-hybridized carbons (Fsp3) is 0.625. The van der Waals surface area contributed by atoms with Gasteiger partial charge in [0.25, 0.3) is 0 Å². The summed E-state index contributed by atoms with van der Waals surface area (Å²) in [6.45, 7) is 12.9. The van der Waals surface area contributed by atoms with E-state index in [-0.39, 0.29) is 46.1 Å². The van der Waals surface area contributed by atoms with Crippen LogP contribution in [0.25, 0.3) is 0 Å².